The maximum atomic E-state index is 11.3. The first kappa shape index (κ1) is 14.8. The lowest BCUT2D eigenvalue weighted by Gasteiger charge is -2.20. The molecule has 19 heavy (non-hydrogen) atoms. The van der Waals surface area contributed by atoms with Gasteiger partial charge in [-0.15, -0.1) is 0 Å². The molecular formula is C14H27N3O2. The normalized spacial score (nSPS) is 20.7. The Morgan fingerprint density at radius 3 is 2.68 bits per heavy atom. The van der Waals surface area contributed by atoms with Crippen LogP contribution in [-0.2, 0) is 9.53 Å². The number of ether oxygens (including phenoxy) is 1. The quantitative estimate of drug-likeness (QED) is 0.531. The predicted molar refractivity (Wildman–Crippen MR) is 74.8 cm³/mol. The number of rotatable bonds is 11. The molecule has 5 heteroatoms. The lowest BCUT2D eigenvalue weighted by atomic mass is 10.2. The highest BCUT2D eigenvalue weighted by molar-refractivity contribution is 5.79. The van der Waals surface area contributed by atoms with E-state index in [0.29, 0.717) is 6.04 Å². The van der Waals surface area contributed by atoms with Gasteiger partial charge in [0.2, 0.25) is 5.91 Å². The number of primary amides is 1. The van der Waals surface area contributed by atoms with Crippen LogP contribution >= 0.6 is 0 Å². The molecule has 0 radical (unpaired) electrons. The van der Waals surface area contributed by atoms with Gasteiger partial charge < -0.3 is 20.7 Å². The van der Waals surface area contributed by atoms with Gasteiger partial charge in [-0.1, -0.05) is 0 Å². The third-order valence-electron chi connectivity index (χ3n) is 3.82. The summed E-state index contributed by atoms with van der Waals surface area (Å²) in [4.78, 5) is 13.5. The summed E-state index contributed by atoms with van der Waals surface area (Å²) in [7, 11) is 2.07. The molecule has 0 bridgehead atoms. The Kier molecular flexibility index (Phi) is 5.60. The van der Waals surface area contributed by atoms with Crippen molar-refractivity contribution in [3.8, 4) is 0 Å². The van der Waals surface area contributed by atoms with E-state index in [1.165, 1.54) is 25.7 Å². The van der Waals surface area contributed by atoms with E-state index in [9.17, 15) is 4.79 Å². The molecule has 1 amide bonds. The van der Waals surface area contributed by atoms with Crippen LogP contribution in [0.4, 0.5) is 0 Å². The third-order valence-corrected chi connectivity index (χ3v) is 3.82. The first-order valence-electron chi connectivity index (χ1n) is 7.47. The molecule has 2 saturated carbocycles. The first-order chi connectivity index (χ1) is 9.15. The highest BCUT2D eigenvalue weighted by Gasteiger charge is 2.27. The fraction of sp³-hybridized carbons (Fsp3) is 0.929. The minimum atomic E-state index is -0.231. The molecule has 110 valence electrons. The molecule has 0 spiro atoms. The van der Waals surface area contributed by atoms with Gasteiger partial charge in [0.25, 0.3) is 0 Å². The van der Waals surface area contributed by atoms with E-state index in [0.717, 1.165) is 38.6 Å². The van der Waals surface area contributed by atoms with Gasteiger partial charge in [-0.2, -0.15) is 0 Å². The molecular weight excluding hydrogens is 242 g/mol. The second-order valence-electron chi connectivity index (χ2n) is 6.01. The van der Waals surface area contributed by atoms with Crippen molar-refractivity contribution >= 4 is 5.91 Å². The lowest BCUT2D eigenvalue weighted by molar-refractivity contribution is -0.120. The number of carbonyl (C=O) groups excluding carboxylic acids is 1. The number of nitrogens with one attached hydrogen (secondary N) is 1. The minimum absolute atomic E-state index is 0.178. The van der Waals surface area contributed by atoms with E-state index in [1.54, 1.807) is 0 Å². The van der Waals surface area contributed by atoms with Crippen molar-refractivity contribution in [3.05, 3.63) is 0 Å². The molecule has 2 aliphatic carbocycles. The molecule has 0 saturated heterocycles. The summed E-state index contributed by atoms with van der Waals surface area (Å²) in [6, 6.07) is 0.340. The number of hydrogen-bond acceptors (Lipinski definition) is 4. The van der Waals surface area contributed by atoms with E-state index in [1.807, 2.05) is 0 Å². The van der Waals surface area contributed by atoms with Crippen LogP contribution < -0.4 is 11.1 Å². The molecule has 1 atom stereocenters. The van der Waals surface area contributed by atoms with E-state index < -0.39 is 0 Å². The van der Waals surface area contributed by atoms with Crippen LogP contribution in [0.1, 0.15) is 32.1 Å². The Bertz CT molecular complexity index is 290. The first-order valence-corrected chi connectivity index (χ1v) is 7.47. The fourth-order valence-corrected chi connectivity index (χ4v) is 2.06. The largest absolute Gasteiger partial charge is 0.380 e. The highest BCUT2D eigenvalue weighted by atomic mass is 16.5. The second kappa shape index (κ2) is 7.22. The van der Waals surface area contributed by atoms with Gasteiger partial charge >= 0.3 is 0 Å². The topological polar surface area (TPSA) is 67.6 Å². The van der Waals surface area contributed by atoms with E-state index in [4.69, 9.17) is 10.5 Å². The maximum absolute atomic E-state index is 11.3. The lowest BCUT2D eigenvalue weighted by Crippen LogP contribution is -2.44. The Balaban J connectivity index is 1.52. The van der Waals surface area contributed by atoms with Gasteiger partial charge in [0.05, 0.1) is 12.6 Å². The number of nitrogens with zero attached hydrogens (tertiary/aromatic N) is 1. The molecule has 0 aliphatic heterocycles. The van der Waals surface area contributed by atoms with Crippen LogP contribution in [0.2, 0.25) is 0 Å². The summed E-state index contributed by atoms with van der Waals surface area (Å²) in [5.74, 6) is 0.595. The van der Waals surface area contributed by atoms with E-state index in [2.05, 4.69) is 17.3 Å². The van der Waals surface area contributed by atoms with Crippen molar-refractivity contribution in [2.45, 2.75) is 44.2 Å². The van der Waals surface area contributed by atoms with Crippen LogP contribution in [0.5, 0.6) is 0 Å². The summed E-state index contributed by atoms with van der Waals surface area (Å²) >= 11 is 0. The van der Waals surface area contributed by atoms with Crippen LogP contribution in [0.3, 0.4) is 0 Å². The summed E-state index contributed by atoms with van der Waals surface area (Å²) in [5.41, 5.74) is 5.42. The van der Waals surface area contributed by atoms with Crippen molar-refractivity contribution in [1.82, 2.24) is 10.2 Å². The Morgan fingerprint density at radius 1 is 1.37 bits per heavy atom. The molecule has 2 aliphatic rings. The van der Waals surface area contributed by atoms with Crippen molar-refractivity contribution in [3.63, 3.8) is 0 Å². The molecule has 0 aromatic carbocycles. The molecule has 0 heterocycles. The zero-order valence-corrected chi connectivity index (χ0v) is 11.9. The predicted octanol–water partition coefficient (Wildman–Crippen LogP) is 0.341. The summed E-state index contributed by atoms with van der Waals surface area (Å²) in [6.45, 7) is 3.49. The fourth-order valence-electron chi connectivity index (χ4n) is 2.06. The van der Waals surface area contributed by atoms with Crippen LogP contribution in [0.25, 0.3) is 0 Å². The smallest absolute Gasteiger partial charge is 0.234 e. The number of likely N-dealkylation sites (N-methyl/N-ethyl adjacent to an activating group) is 1. The number of amides is 1. The number of hydrogen-bond donors (Lipinski definition) is 2. The van der Waals surface area contributed by atoms with E-state index in [-0.39, 0.29) is 11.9 Å². The molecule has 2 rings (SSSR count). The summed E-state index contributed by atoms with van der Waals surface area (Å²) in [6.07, 6.45) is 5.81. The average molecular weight is 269 g/mol. The van der Waals surface area contributed by atoms with Gasteiger partial charge in [-0.3, -0.25) is 4.79 Å². The number of carbonyl (C=O) groups is 1. The molecule has 0 aromatic heterocycles. The summed E-state index contributed by atoms with van der Waals surface area (Å²) < 4.78 is 5.61. The maximum Gasteiger partial charge on any atom is 0.234 e. The van der Waals surface area contributed by atoms with Crippen molar-refractivity contribution < 1.29 is 9.53 Å². The van der Waals surface area contributed by atoms with Gasteiger partial charge in [-0.25, -0.2) is 0 Å². The second-order valence-corrected chi connectivity index (χ2v) is 6.01. The van der Waals surface area contributed by atoms with Gasteiger partial charge in [0.15, 0.2) is 0 Å². The molecule has 1 unspecified atom stereocenters. The molecule has 5 nitrogen and oxygen atoms in total. The van der Waals surface area contributed by atoms with E-state index >= 15 is 0 Å². The number of nitrogens with two attached hydrogens (primary N) is 1. The van der Waals surface area contributed by atoms with Gasteiger partial charge in [-0.05, 0) is 51.6 Å². The highest BCUT2D eigenvalue weighted by Crippen LogP contribution is 2.28. The van der Waals surface area contributed by atoms with Crippen molar-refractivity contribution in [2.24, 2.45) is 11.7 Å². The zero-order chi connectivity index (χ0) is 13.7. The standard InChI is InChI=1S/C14H27N3O2/c1-17(8-9-19-10-11-2-3-11)7-6-13(14(15)18)16-12-4-5-12/h11-13,16H,2-10H2,1H3,(H2,15,18). The molecule has 2 fully saturated rings. The molecule has 0 aromatic rings. The van der Waals surface area contributed by atoms with Crippen LogP contribution in [0.15, 0.2) is 0 Å². The monoisotopic (exact) mass is 269 g/mol. The van der Waals surface area contributed by atoms with Crippen LogP contribution in [0, 0.1) is 5.92 Å². The Morgan fingerprint density at radius 2 is 2.11 bits per heavy atom. The third kappa shape index (κ3) is 6.36. The van der Waals surface area contributed by atoms with Gasteiger partial charge in [0.1, 0.15) is 0 Å². The minimum Gasteiger partial charge on any atom is -0.380 e. The van der Waals surface area contributed by atoms with Gasteiger partial charge in [0, 0.05) is 19.2 Å². The van der Waals surface area contributed by atoms with Crippen LogP contribution in [-0.4, -0.2) is 56.2 Å². The summed E-state index contributed by atoms with van der Waals surface area (Å²) in [5, 5.41) is 3.30. The average Bonchev–Trinajstić information content (AvgIpc) is 3.24. The Hall–Kier alpha value is -0.650. The Labute approximate surface area is 115 Å². The molecule has 3 N–H and O–H groups in total. The van der Waals surface area contributed by atoms with Crippen molar-refractivity contribution in [1.29, 1.82) is 0 Å². The zero-order valence-electron chi connectivity index (χ0n) is 11.9. The SMILES string of the molecule is CN(CCOCC1CC1)CCC(NC1CC1)C(N)=O. The van der Waals surface area contributed by atoms with Crippen molar-refractivity contribution in [2.75, 3.05) is 33.4 Å².